The summed E-state index contributed by atoms with van der Waals surface area (Å²) in [6.07, 6.45) is 1.46. The number of phenols is 1. The van der Waals surface area contributed by atoms with E-state index >= 15 is 0 Å². The zero-order valence-corrected chi connectivity index (χ0v) is 10.4. The van der Waals surface area contributed by atoms with Gasteiger partial charge in [-0.05, 0) is 24.5 Å². The van der Waals surface area contributed by atoms with Crippen LogP contribution in [0.25, 0.3) is 0 Å². The summed E-state index contributed by atoms with van der Waals surface area (Å²) in [5, 5.41) is 9.68. The van der Waals surface area contributed by atoms with E-state index in [1.54, 1.807) is 18.2 Å². The smallest absolute Gasteiger partial charge is 0.233 e. The Kier molecular flexibility index (Phi) is 3.65. The maximum absolute atomic E-state index is 12.0. The van der Waals surface area contributed by atoms with Gasteiger partial charge in [-0.1, -0.05) is 25.1 Å². The standard InChI is InChI=1S/C14H17NO3/c1-2-7-15-13(17)9-11(14(15)18)8-10-5-3-4-6-12(10)16/h3-6,11,16H,2,7-9H2,1H3. The molecular weight excluding hydrogens is 230 g/mol. The van der Waals surface area contributed by atoms with Gasteiger partial charge in [-0.15, -0.1) is 0 Å². The Hall–Kier alpha value is -1.84. The van der Waals surface area contributed by atoms with Crippen LogP contribution in [0.2, 0.25) is 0 Å². The number of rotatable bonds is 4. The second-order valence-corrected chi connectivity index (χ2v) is 4.62. The van der Waals surface area contributed by atoms with E-state index in [1.165, 1.54) is 4.90 Å². The Balaban J connectivity index is 2.10. The molecule has 1 aromatic rings. The van der Waals surface area contributed by atoms with Crippen molar-refractivity contribution in [2.45, 2.75) is 26.2 Å². The molecule has 1 heterocycles. The van der Waals surface area contributed by atoms with E-state index in [9.17, 15) is 14.7 Å². The summed E-state index contributed by atoms with van der Waals surface area (Å²) in [6, 6.07) is 6.94. The average molecular weight is 247 g/mol. The van der Waals surface area contributed by atoms with Gasteiger partial charge in [-0.25, -0.2) is 0 Å². The van der Waals surface area contributed by atoms with Crippen LogP contribution in [0.15, 0.2) is 24.3 Å². The fourth-order valence-corrected chi connectivity index (χ4v) is 2.32. The summed E-state index contributed by atoms with van der Waals surface area (Å²) in [6.45, 7) is 2.44. The first-order valence-electron chi connectivity index (χ1n) is 6.24. The van der Waals surface area contributed by atoms with Gasteiger partial charge in [-0.2, -0.15) is 0 Å². The molecule has 1 aliphatic heterocycles. The van der Waals surface area contributed by atoms with Crippen LogP contribution in [0.3, 0.4) is 0 Å². The lowest BCUT2D eigenvalue weighted by molar-refractivity contribution is -0.139. The number of hydrogen-bond acceptors (Lipinski definition) is 3. The first kappa shape index (κ1) is 12.6. The van der Waals surface area contributed by atoms with Crippen molar-refractivity contribution in [1.82, 2.24) is 4.90 Å². The van der Waals surface area contributed by atoms with E-state index in [0.29, 0.717) is 13.0 Å². The van der Waals surface area contributed by atoms with Crippen LogP contribution in [-0.4, -0.2) is 28.4 Å². The summed E-state index contributed by atoms with van der Waals surface area (Å²) in [7, 11) is 0. The van der Waals surface area contributed by atoms with Gasteiger partial charge in [0.25, 0.3) is 0 Å². The first-order chi connectivity index (χ1) is 8.63. The predicted octanol–water partition coefficient (Wildman–Crippen LogP) is 1.72. The van der Waals surface area contributed by atoms with E-state index in [4.69, 9.17) is 0 Å². The van der Waals surface area contributed by atoms with E-state index in [2.05, 4.69) is 0 Å². The molecule has 0 spiro atoms. The van der Waals surface area contributed by atoms with Gasteiger partial charge in [0, 0.05) is 13.0 Å². The summed E-state index contributed by atoms with van der Waals surface area (Å²) < 4.78 is 0. The number of para-hydroxylation sites is 1. The average Bonchev–Trinajstić information content (AvgIpc) is 2.60. The van der Waals surface area contributed by atoms with Gasteiger partial charge in [0.05, 0.1) is 5.92 Å². The minimum Gasteiger partial charge on any atom is -0.508 e. The van der Waals surface area contributed by atoms with Crippen molar-refractivity contribution in [1.29, 1.82) is 0 Å². The third kappa shape index (κ3) is 2.37. The molecule has 0 saturated carbocycles. The van der Waals surface area contributed by atoms with E-state index in [1.807, 2.05) is 13.0 Å². The Bertz CT molecular complexity index is 470. The van der Waals surface area contributed by atoms with Crippen LogP contribution in [0, 0.1) is 5.92 Å². The normalized spacial score (nSPS) is 19.6. The summed E-state index contributed by atoms with van der Waals surface area (Å²) >= 11 is 0. The number of benzene rings is 1. The maximum Gasteiger partial charge on any atom is 0.233 e. The number of phenolic OH excluding ortho intramolecular Hbond substituents is 1. The van der Waals surface area contributed by atoms with Crippen molar-refractivity contribution in [3.05, 3.63) is 29.8 Å². The monoisotopic (exact) mass is 247 g/mol. The first-order valence-corrected chi connectivity index (χ1v) is 6.24. The van der Waals surface area contributed by atoms with Gasteiger partial charge >= 0.3 is 0 Å². The number of imide groups is 1. The number of carbonyl (C=O) groups is 2. The third-order valence-electron chi connectivity index (χ3n) is 3.24. The molecule has 1 saturated heterocycles. The molecule has 2 amide bonds. The molecule has 0 aliphatic carbocycles. The van der Waals surface area contributed by atoms with Crippen LogP contribution in [0.1, 0.15) is 25.3 Å². The van der Waals surface area contributed by atoms with Crippen LogP contribution in [-0.2, 0) is 16.0 Å². The molecule has 18 heavy (non-hydrogen) atoms. The van der Waals surface area contributed by atoms with Crippen molar-refractivity contribution in [3.8, 4) is 5.75 Å². The van der Waals surface area contributed by atoms with Crippen molar-refractivity contribution < 1.29 is 14.7 Å². The molecule has 4 nitrogen and oxygen atoms in total. The van der Waals surface area contributed by atoms with Crippen LogP contribution >= 0.6 is 0 Å². The Morgan fingerprint density at radius 2 is 2.06 bits per heavy atom. The molecule has 1 N–H and O–H groups in total. The highest BCUT2D eigenvalue weighted by Gasteiger charge is 2.37. The predicted molar refractivity (Wildman–Crippen MR) is 66.9 cm³/mol. The second kappa shape index (κ2) is 5.21. The number of nitrogens with zero attached hydrogens (tertiary/aromatic N) is 1. The molecule has 2 rings (SSSR count). The maximum atomic E-state index is 12.0. The van der Waals surface area contributed by atoms with Gasteiger partial charge in [0.2, 0.25) is 11.8 Å². The van der Waals surface area contributed by atoms with Gasteiger partial charge < -0.3 is 5.11 Å². The SMILES string of the molecule is CCCN1C(=O)CC(Cc2ccccc2O)C1=O. The lowest BCUT2D eigenvalue weighted by atomic mass is 9.97. The minimum absolute atomic E-state index is 0.0951. The minimum atomic E-state index is -0.322. The van der Waals surface area contributed by atoms with Crippen molar-refractivity contribution in [2.24, 2.45) is 5.92 Å². The second-order valence-electron chi connectivity index (χ2n) is 4.62. The van der Waals surface area contributed by atoms with Gasteiger partial charge in [0.15, 0.2) is 0 Å². The Labute approximate surface area is 106 Å². The van der Waals surface area contributed by atoms with Crippen LogP contribution < -0.4 is 0 Å². The van der Waals surface area contributed by atoms with Crippen molar-refractivity contribution in [3.63, 3.8) is 0 Å². The zero-order valence-electron chi connectivity index (χ0n) is 10.4. The molecule has 96 valence electrons. The lowest BCUT2D eigenvalue weighted by Gasteiger charge is -2.13. The molecule has 0 radical (unpaired) electrons. The molecule has 1 atom stereocenters. The molecule has 1 fully saturated rings. The highest BCUT2D eigenvalue weighted by Crippen LogP contribution is 2.27. The fraction of sp³-hybridized carbons (Fsp3) is 0.429. The van der Waals surface area contributed by atoms with Gasteiger partial charge in [-0.3, -0.25) is 14.5 Å². The topological polar surface area (TPSA) is 57.6 Å². The molecule has 0 bridgehead atoms. The molecular formula is C14H17NO3. The van der Waals surface area contributed by atoms with Crippen LogP contribution in [0.4, 0.5) is 0 Å². The molecule has 1 aromatic carbocycles. The Morgan fingerprint density at radius 1 is 1.33 bits per heavy atom. The Morgan fingerprint density at radius 3 is 2.72 bits per heavy atom. The molecule has 4 heteroatoms. The van der Waals surface area contributed by atoms with E-state index < -0.39 is 0 Å². The molecule has 1 aliphatic rings. The largest absolute Gasteiger partial charge is 0.508 e. The summed E-state index contributed by atoms with van der Waals surface area (Å²) in [5.41, 5.74) is 0.724. The number of aromatic hydroxyl groups is 1. The van der Waals surface area contributed by atoms with Crippen LogP contribution in [0.5, 0.6) is 5.75 Å². The van der Waals surface area contributed by atoms with Crippen molar-refractivity contribution >= 4 is 11.8 Å². The summed E-state index contributed by atoms with van der Waals surface area (Å²) in [5.74, 6) is -0.337. The quantitative estimate of drug-likeness (QED) is 0.824. The highest BCUT2D eigenvalue weighted by molar-refractivity contribution is 6.03. The fourth-order valence-electron chi connectivity index (χ4n) is 2.32. The number of likely N-dealkylation sites (tertiary alicyclic amines) is 1. The van der Waals surface area contributed by atoms with E-state index in [0.717, 1.165) is 12.0 Å². The number of carbonyl (C=O) groups excluding carboxylic acids is 2. The molecule has 1 unspecified atom stereocenters. The van der Waals surface area contributed by atoms with Crippen molar-refractivity contribution in [2.75, 3.05) is 6.54 Å². The molecule has 0 aromatic heterocycles. The highest BCUT2D eigenvalue weighted by atomic mass is 16.3. The van der Waals surface area contributed by atoms with E-state index in [-0.39, 0.29) is 29.9 Å². The zero-order chi connectivity index (χ0) is 13.1. The lowest BCUT2D eigenvalue weighted by Crippen LogP contribution is -2.31. The number of amides is 2. The number of hydrogen-bond donors (Lipinski definition) is 1. The summed E-state index contributed by atoms with van der Waals surface area (Å²) in [4.78, 5) is 25.1. The van der Waals surface area contributed by atoms with Gasteiger partial charge in [0.1, 0.15) is 5.75 Å². The third-order valence-corrected chi connectivity index (χ3v) is 3.24.